The molecule has 2 N–H and O–H groups in total. The average Bonchev–Trinajstić information content (AvgIpc) is 3.04. The van der Waals surface area contributed by atoms with E-state index in [2.05, 4.69) is 21.5 Å². The second-order valence-corrected chi connectivity index (χ2v) is 6.17. The molecule has 0 atom stereocenters. The van der Waals surface area contributed by atoms with E-state index in [1.54, 1.807) is 18.0 Å². The maximum Gasteiger partial charge on any atom is 0.171 e. The Labute approximate surface area is 141 Å². The largest absolute Gasteiger partial charge is 0.356 e. The van der Waals surface area contributed by atoms with Crippen molar-refractivity contribution in [2.45, 2.75) is 18.9 Å². The van der Waals surface area contributed by atoms with Crippen LogP contribution in [0.15, 0.2) is 40.9 Å². The lowest BCUT2D eigenvalue weighted by Gasteiger charge is -2.34. The molecule has 1 heterocycles. The van der Waals surface area contributed by atoms with Crippen molar-refractivity contribution in [1.29, 1.82) is 0 Å². The minimum absolute atomic E-state index is 0.318. The van der Waals surface area contributed by atoms with Crippen LogP contribution >= 0.6 is 11.9 Å². The summed E-state index contributed by atoms with van der Waals surface area (Å²) in [5.74, 6) is 1.53. The number of nitrogens with one attached hydrogen (secondary N) is 2. The zero-order valence-electron chi connectivity index (χ0n) is 13.5. The maximum atomic E-state index is 10.3. The predicted octanol–water partition coefficient (Wildman–Crippen LogP) is 3.01. The van der Waals surface area contributed by atoms with Gasteiger partial charge in [-0.3, -0.25) is 9.52 Å². The van der Waals surface area contributed by atoms with Crippen LogP contribution < -0.4 is 10.0 Å². The summed E-state index contributed by atoms with van der Waals surface area (Å²) in [6.07, 6.45) is 5.44. The van der Waals surface area contributed by atoms with Crippen LogP contribution in [0.3, 0.4) is 0 Å². The second-order valence-electron chi connectivity index (χ2n) is 5.48. The number of nitrogens with zero attached hydrogens (tertiary/aromatic N) is 1. The summed E-state index contributed by atoms with van der Waals surface area (Å²) < 4.78 is 8.24. The Balaban J connectivity index is 0.000000174. The van der Waals surface area contributed by atoms with Crippen molar-refractivity contribution in [1.82, 2.24) is 15.2 Å². The summed E-state index contributed by atoms with van der Waals surface area (Å²) in [6, 6.07) is 11.9. The van der Waals surface area contributed by atoms with E-state index in [9.17, 15) is 4.79 Å². The number of carbonyl (C=O) groups is 1. The van der Waals surface area contributed by atoms with Crippen LogP contribution in [0.4, 0.5) is 0 Å². The molecule has 1 aromatic heterocycles. The molecule has 0 bridgehead atoms. The number of benzene rings is 1. The Bertz CT molecular complexity index is 580. The normalized spacial score (nSPS) is 19.4. The fraction of sp³-hybridized carbons (Fsp3) is 0.412. The lowest BCUT2D eigenvalue weighted by molar-refractivity contribution is 0.111. The standard InChI is InChI=1S/C10H7NO2.C7H16N2S/c12-7-9-6-10(13-11-9)8-4-2-1-3-5-8;1-8-7-3-6(4-7)5-9-10-2/h1-7H;6-9H,3-5H2,1-2H3. The number of aldehydes is 1. The third kappa shape index (κ3) is 5.49. The summed E-state index contributed by atoms with van der Waals surface area (Å²) in [6.45, 7) is 1.18. The molecule has 0 amide bonds. The zero-order chi connectivity index (χ0) is 16.5. The van der Waals surface area contributed by atoms with Crippen LogP contribution in [0.5, 0.6) is 0 Å². The molecule has 5 nitrogen and oxygen atoms in total. The third-order valence-electron chi connectivity index (χ3n) is 3.87. The van der Waals surface area contributed by atoms with Gasteiger partial charge in [0.15, 0.2) is 12.0 Å². The molecule has 23 heavy (non-hydrogen) atoms. The summed E-state index contributed by atoms with van der Waals surface area (Å²) in [5.41, 5.74) is 1.24. The fourth-order valence-electron chi connectivity index (χ4n) is 2.42. The van der Waals surface area contributed by atoms with Gasteiger partial charge in [-0.15, -0.1) is 0 Å². The van der Waals surface area contributed by atoms with E-state index in [1.807, 2.05) is 37.4 Å². The molecule has 124 valence electrons. The van der Waals surface area contributed by atoms with Gasteiger partial charge < -0.3 is 9.84 Å². The molecular weight excluding hydrogens is 310 g/mol. The van der Waals surface area contributed by atoms with Gasteiger partial charge in [-0.05, 0) is 32.1 Å². The molecule has 1 fully saturated rings. The van der Waals surface area contributed by atoms with Crippen LogP contribution in [0.25, 0.3) is 11.3 Å². The van der Waals surface area contributed by atoms with Gasteiger partial charge in [-0.25, -0.2) is 0 Å². The molecule has 1 aliphatic carbocycles. The molecular formula is C17H23N3O2S. The van der Waals surface area contributed by atoms with Crippen molar-refractivity contribution in [2.75, 3.05) is 19.8 Å². The van der Waals surface area contributed by atoms with Gasteiger partial charge >= 0.3 is 0 Å². The first kappa shape index (κ1) is 17.7. The Morgan fingerprint density at radius 2 is 2.09 bits per heavy atom. The summed E-state index contributed by atoms with van der Waals surface area (Å²) in [5, 5.41) is 6.84. The molecule has 0 aliphatic heterocycles. The monoisotopic (exact) mass is 333 g/mol. The predicted molar refractivity (Wildman–Crippen MR) is 94.4 cm³/mol. The van der Waals surface area contributed by atoms with Gasteiger partial charge in [0.2, 0.25) is 0 Å². The van der Waals surface area contributed by atoms with Gasteiger partial charge in [0.1, 0.15) is 5.69 Å². The lowest BCUT2D eigenvalue weighted by Crippen LogP contribution is -2.42. The van der Waals surface area contributed by atoms with Crippen molar-refractivity contribution < 1.29 is 9.32 Å². The molecule has 1 saturated carbocycles. The van der Waals surface area contributed by atoms with Crippen molar-refractivity contribution in [2.24, 2.45) is 5.92 Å². The van der Waals surface area contributed by atoms with E-state index < -0.39 is 0 Å². The molecule has 6 heteroatoms. The van der Waals surface area contributed by atoms with Crippen LogP contribution in [-0.2, 0) is 0 Å². The highest BCUT2D eigenvalue weighted by molar-refractivity contribution is 7.96. The minimum Gasteiger partial charge on any atom is -0.356 e. The summed E-state index contributed by atoms with van der Waals surface area (Å²) in [4.78, 5) is 10.3. The number of hydrogen-bond donors (Lipinski definition) is 2. The smallest absolute Gasteiger partial charge is 0.171 e. The number of carbonyl (C=O) groups excluding carboxylic acids is 1. The van der Waals surface area contributed by atoms with Gasteiger partial charge in [0.25, 0.3) is 0 Å². The fourth-order valence-corrected chi connectivity index (χ4v) is 2.82. The van der Waals surface area contributed by atoms with Gasteiger partial charge in [-0.2, -0.15) is 0 Å². The highest BCUT2D eigenvalue weighted by Crippen LogP contribution is 2.26. The molecule has 3 rings (SSSR count). The Morgan fingerprint density at radius 1 is 1.35 bits per heavy atom. The Morgan fingerprint density at radius 3 is 2.65 bits per heavy atom. The topological polar surface area (TPSA) is 67.2 Å². The first-order valence-corrected chi connectivity index (χ1v) is 8.89. The van der Waals surface area contributed by atoms with Crippen molar-refractivity contribution in [3.05, 3.63) is 42.1 Å². The lowest BCUT2D eigenvalue weighted by atomic mass is 9.80. The first-order valence-electron chi connectivity index (χ1n) is 7.67. The Hall–Kier alpha value is -1.63. The zero-order valence-corrected chi connectivity index (χ0v) is 14.3. The van der Waals surface area contributed by atoms with Crippen molar-refractivity contribution in [3.63, 3.8) is 0 Å². The highest BCUT2D eigenvalue weighted by atomic mass is 32.2. The molecule has 2 aromatic rings. The van der Waals surface area contributed by atoms with Crippen LogP contribution in [-0.4, -0.2) is 37.3 Å². The van der Waals surface area contributed by atoms with Gasteiger partial charge in [0.05, 0.1) is 0 Å². The van der Waals surface area contributed by atoms with Crippen LogP contribution in [0, 0.1) is 5.92 Å². The maximum absolute atomic E-state index is 10.3. The van der Waals surface area contributed by atoms with E-state index >= 15 is 0 Å². The molecule has 0 spiro atoms. The molecule has 0 radical (unpaired) electrons. The number of aromatic nitrogens is 1. The van der Waals surface area contributed by atoms with Gasteiger partial charge in [0, 0.05) is 24.2 Å². The number of hydrogen-bond acceptors (Lipinski definition) is 6. The first-order chi connectivity index (χ1) is 11.3. The van der Waals surface area contributed by atoms with E-state index in [0.717, 1.165) is 17.5 Å². The quantitative estimate of drug-likeness (QED) is 0.626. The van der Waals surface area contributed by atoms with Crippen LogP contribution in [0.1, 0.15) is 23.3 Å². The van der Waals surface area contributed by atoms with E-state index in [-0.39, 0.29) is 0 Å². The third-order valence-corrected chi connectivity index (χ3v) is 4.32. The van der Waals surface area contributed by atoms with Gasteiger partial charge in [-0.1, -0.05) is 47.4 Å². The number of rotatable bonds is 6. The molecule has 0 unspecified atom stereocenters. The average molecular weight is 333 g/mol. The minimum atomic E-state index is 0.318. The highest BCUT2D eigenvalue weighted by Gasteiger charge is 2.26. The van der Waals surface area contributed by atoms with Crippen LogP contribution in [0.2, 0.25) is 0 Å². The van der Waals surface area contributed by atoms with Crippen molar-refractivity contribution >= 4 is 18.2 Å². The Kier molecular flexibility index (Phi) is 7.32. The summed E-state index contributed by atoms with van der Waals surface area (Å²) in [7, 11) is 2.04. The van der Waals surface area contributed by atoms with Crippen molar-refractivity contribution in [3.8, 4) is 11.3 Å². The molecule has 0 saturated heterocycles. The SMILES string of the molecule is CNC1CC(CNSC)C1.O=Cc1cc(-c2ccccc2)on1. The van der Waals surface area contributed by atoms with E-state index in [1.165, 1.54) is 19.4 Å². The summed E-state index contributed by atoms with van der Waals surface area (Å²) >= 11 is 1.72. The van der Waals surface area contributed by atoms with E-state index in [4.69, 9.17) is 4.52 Å². The van der Waals surface area contributed by atoms with E-state index in [0.29, 0.717) is 17.7 Å². The molecule has 1 aliphatic rings. The molecule has 1 aromatic carbocycles. The second kappa shape index (κ2) is 9.50.